The summed E-state index contributed by atoms with van der Waals surface area (Å²) in [5.74, 6) is -0.165. The molecule has 94 valence electrons. The number of anilines is 1. The molecule has 4 nitrogen and oxygen atoms in total. The molecule has 2 rings (SSSR count). The van der Waals surface area contributed by atoms with Gasteiger partial charge in [-0.2, -0.15) is 0 Å². The van der Waals surface area contributed by atoms with Crippen LogP contribution in [0.15, 0.2) is 12.3 Å². The highest BCUT2D eigenvalue weighted by molar-refractivity contribution is 7.13. The Bertz CT molecular complexity index is 609. The van der Waals surface area contributed by atoms with Crippen molar-refractivity contribution >= 4 is 34.5 Å². The van der Waals surface area contributed by atoms with Gasteiger partial charge >= 0.3 is 0 Å². The second-order valence-electron chi connectivity index (χ2n) is 3.93. The standard InChI is InChI=1S/C12H12ClN3OS/c1-6-4-9(5-14-11(6)13)16-12(17)10-7(2)15-8(3)18-10/h4-5H,1-3H3,(H,16,17). The fourth-order valence-corrected chi connectivity index (χ4v) is 2.47. The van der Waals surface area contributed by atoms with Gasteiger partial charge < -0.3 is 5.32 Å². The van der Waals surface area contributed by atoms with E-state index in [2.05, 4.69) is 15.3 Å². The number of carbonyl (C=O) groups is 1. The smallest absolute Gasteiger partial charge is 0.267 e. The molecule has 6 heteroatoms. The minimum absolute atomic E-state index is 0.165. The number of aryl methyl sites for hydroxylation is 3. The van der Waals surface area contributed by atoms with E-state index in [0.29, 0.717) is 15.7 Å². The molecule has 0 atom stereocenters. The summed E-state index contributed by atoms with van der Waals surface area (Å²) in [6, 6.07) is 1.79. The van der Waals surface area contributed by atoms with Gasteiger partial charge in [0.2, 0.25) is 0 Å². The molecule has 0 aliphatic heterocycles. The van der Waals surface area contributed by atoms with Gasteiger partial charge in [-0.15, -0.1) is 11.3 Å². The average molecular weight is 282 g/mol. The van der Waals surface area contributed by atoms with Crippen LogP contribution in [0.3, 0.4) is 0 Å². The number of carbonyl (C=O) groups excluding carboxylic acids is 1. The van der Waals surface area contributed by atoms with Crippen LogP contribution in [0.4, 0.5) is 5.69 Å². The van der Waals surface area contributed by atoms with Gasteiger partial charge in [-0.3, -0.25) is 4.79 Å². The van der Waals surface area contributed by atoms with Crippen LogP contribution in [-0.4, -0.2) is 15.9 Å². The SMILES string of the molecule is Cc1nc(C)c(C(=O)Nc2cnc(Cl)c(C)c2)s1. The van der Waals surface area contributed by atoms with Crippen molar-refractivity contribution in [2.75, 3.05) is 5.32 Å². The zero-order chi connectivity index (χ0) is 13.3. The van der Waals surface area contributed by atoms with Crippen molar-refractivity contribution in [3.05, 3.63) is 38.6 Å². The first-order valence-corrected chi connectivity index (χ1v) is 6.54. The van der Waals surface area contributed by atoms with Crippen LogP contribution in [0.1, 0.15) is 25.9 Å². The lowest BCUT2D eigenvalue weighted by Crippen LogP contribution is -2.11. The summed E-state index contributed by atoms with van der Waals surface area (Å²) >= 11 is 7.21. The molecule has 2 heterocycles. The molecule has 0 radical (unpaired) electrons. The van der Waals surface area contributed by atoms with Crippen LogP contribution in [-0.2, 0) is 0 Å². The zero-order valence-electron chi connectivity index (χ0n) is 10.2. The molecule has 0 aliphatic carbocycles. The minimum Gasteiger partial charge on any atom is -0.320 e. The van der Waals surface area contributed by atoms with Gasteiger partial charge in [0.1, 0.15) is 10.0 Å². The largest absolute Gasteiger partial charge is 0.320 e. The number of aromatic nitrogens is 2. The van der Waals surface area contributed by atoms with Crippen molar-refractivity contribution in [2.45, 2.75) is 20.8 Å². The lowest BCUT2D eigenvalue weighted by Gasteiger charge is -2.05. The molecule has 0 unspecified atom stereocenters. The summed E-state index contributed by atoms with van der Waals surface area (Å²) in [4.78, 5) is 20.9. The van der Waals surface area contributed by atoms with E-state index in [-0.39, 0.29) is 5.91 Å². The van der Waals surface area contributed by atoms with E-state index in [1.165, 1.54) is 17.5 Å². The summed E-state index contributed by atoms with van der Waals surface area (Å²) in [5, 5.41) is 4.11. The molecular weight excluding hydrogens is 270 g/mol. The van der Waals surface area contributed by atoms with Crippen LogP contribution in [0.2, 0.25) is 5.15 Å². The van der Waals surface area contributed by atoms with Crippen LogP contribution in [0.5, 0.6) is 0 Å². The fraction of sp³-hybridized carbons (Fsp3) is 0.250. The topological polar surface area (TPSA) is 54.9 Å². The lowest BCUT2D eigenvalue weighted by molar-refractivity contribution is 0.103. The molecule has 0 bridgehead atoms. The summed E-state index contributed by atoms with van der Waals surface area (Å²) in [6.45, 7) is 5.54. The van der Waals surface area contributed by atoms with E-state index in [1.807, 2.05) is 20.8 Å². The number of rotatable bonds is 2. The highest BCUT2D eigenvalue weighted by Gasteiger charge is 2.14. The third-order valence-electron chi connectivity index (χ3n) is 2.38. The Balaban J connectivity index is 2.21. The van der Waals surface area contributed by atoms with Crippen molar-refractivity contribution in [2.24, 2.45) is 0 Å². The number of hydrogen-bond donors (Lipinski definition) is 1. The normalized spacial score (nSPS) is 10.4. The molecule has 1 N–H and O–H groups in total. The first-order valence-electron chi connectivity index (χ1n) is 5.35. The maximum Gasteiger partial charge on any atom is 0.267 e. The third kappa shape index (κ3) is 2.68. The van der Waals surface area contributed by atoms with Gasteiger partial charge in [-0.05, 0) is 32.4 Å². The average Bonchev–Trinajstić information content (AvgIpc) is 2.63. The van der Waals surface area contributed by atoms with Crippen LogP contribution in [0.25, 0.3) is 0 Å². The fourth-order valence-electron chi connectivity index (χ4n) is 1.56. The molecule has 2 aromatic heterocycles. The van der Waals surface area contributed by atoms with E-state index in [9.17, 15) is 4.79 Å². The number of halogens is 1. The molecule has 1 amide bonds. The van der Waals surface area contributed by atoms with E-state index in [1.54, 1.807) is 6.07 Å². The Kier molecular flexibility index (Phi) is 3.63. The number of nitrogens with one attached hydrogen (secondary N) is 1. The van der Waals surface area contributed by atoms with Crippen molar-refractivity contribution in [3.63, 3.8) is 0 Å². The Morgan fingerprint density at radius 2 is 2.11 bits per heavy atom. The van der Waals surface area contributed by atoms with Gasteiger partial charge in [-0.25, -0.2) is 9.97 Å². The molecular formula is C12H12ClN3OS. The lowest BCUT2D eigenvalue weighted by atomic mass is 10.3. The second kappa shape index (κ2) is 5.04. The van der Waals surface area contributed by atoms with Gasteiger partial charge in [0.15, 0.2) is 0 Å². The molecule has 0 aromatic carbocycles. The van der Waals surface area contributed by atoms with E-state index < -0.39 is 0 Å². The summed E-state index contributed by atoms with van der Waals surface area (Å²) < 4.78 is 0. The van der Waals surface area contributed by atoms with Crippen LogP contribution in [0, 0.1) is 20.8 Å². The molecule has 2 aromatic rings. The molecule has 18 heavy (non-hydrogen) atoms. The van der Waals surface area contributed by atoms with E-state index >= 15 is 0 Å². The van der Waals surface area contributed by atoms with Crippen LogP contribution < -0.4 is 5.32 Å². The number of thiazole rings is 1. The molecule has 0 saturated heterocycles. The van der Waals surface area contributed by atoms with Crippen molar-refractivity contribution < 1.29 is 4.79 Å². The Morgan fingerprint density at radius 1 is 1.39 bits per heavy atom. The van der Waals surface area contributed by atoms with Crippen molar-refractivity contribution in [1.82, 2.24) is 9.97 Å². The minimum atomic E-state index is -0.165. The van der Waals surface area contributed by atoms with Gasteiger partial charge in [0.25, 0.3) is 5.91 Å². The number of pyridine rings is 1. The Hall–Kier alpha value is -1.46. The quantitative estimate of drug-likeness (QED) is 0.859. The summed E-state index contributed by atoms with van der Waals surface area (Å²) in [5.41, 5.74) is 2.20. The molecule has 0 aliphatic rings. The Morgan fingerprint density at radius 3 is 2.67 bits per heavy atom. The van der Waals surface area contributed by atoms with Crippen molar-refractivity contribution in [3.8, 4) is 0 Å². The number of hydrogen-bond acceptors (Lipinski definition) is 4. The highest BCUT2D eigenvalue weighted by Crippen LogP contribution is 2.20. The monoisotopic (exact) mass is 281 g/mol. The predicted molar refractivity (Wildman–Crippen MR) is 73.5 cm³/mol. The maximum absolute atomic E-state index is 12.0. The van der Waals surface area contributed by atoms with E-state index in [4.69, 9.17) is 11.6 Å². The predicted octanol–water partition coefficient (Wildman–Crippen LogP) is 3.37. The summed E-state index contributed by atoms with van der Waals surface area (Å²) in [7, 11) is 0. The van der Waals surface area contributed by atoms with Gasteiger partial charge in [0.05, 0.1) is 22.6 Å². The third-order valence-corrected chi connectivity index (χ3v) is 3.85. The first-order chi connectivity index (χ1) is 8.47. The zero-order valence-corrected chi connectivity index (χ0v) is 11.8. The van der Waals surface area contributed by atoms with Crippen molar-refractivity contribution in [1.29, 1.82) is 0 Å². The molecule has 0 saturated carbocycles. The number of amides is 1. The first kappa shape index (κ1) is 13.0. The number of nitrogens with zero attached hydrogens (tertiary/aromatic N) is 2. The van der Waals surface area contributed by atoms with Gasteiger partial charge in [0, 0.05) is 0 Å². The van der Waals surface area contributed by atoms with Crippen LogP contribution >= 0.6 is 22.9 Å². The Labute approximate surface area is 114 Å². The second-order valence-corrected chi connectivity index (χ2v) is 5.49. The van der Waals surface area contributed by atoms with Gasteiger partial charge in [-0.1, -0.05) is 11.6 Å². The summed E-state index contributed by atoms with van der Waals surface area (Å²) in [6.07, 6.45) is 1.54. The molecule has 0 fully saturated rings. The maximum atomic E-state index is 12.0. The molecule has 0 spiro atoms. The van der Waals surface area contributed by atoms with E-state index in [0.717, 1.165) is 16.3 Å². The highest BCUT2D eigenvalue weighted by atomic mass is 35.5.